The molecule has 1 saturated heterocycles. The highest BCUT2D eigenvalue weighted by Crippen LogP contribution is 2.22. The molecule has 1 aromatic carbocycles. The summed E-state index contributed by atoms with van der Waals surface area (Å²) < 4.78 is 10.6. The number of piperazine rings is 1. The number of amides is 1. The number of esters is 1. The Hall–Kier alpha value is -2.08. The summed E-state index contributed by atoms with van der Waals surface area (Å²) in [5.74, 6) is 0.340. The first-order valence-corrected chi connectivity index (χ1v) is 8.03. The van der Waals surface area contributed by atoms with Gasteiger partial charge >= 0.3 is 5.97 Å². The van der Waals surface area contributed by atoms with Gasteiger partial charge in [-0.25, -0.2) is 0 Å². The van der Waals surface area contributed by atoms with E-state index >= 15 is 0 Å². The standard InChI is InChI=1S/C17H24N2O4/c1-3-22-15-8-6-5-7-13(15)12-19-10-9-18-17(21)14(19)11-16(20)23-4-2/h5-8,14H,3-4,9-12H2,1-2H3,(H,18,21)/t14-/m1/s1. The Morgan fingerprint density at radius 1 is 1.30 bits per heavy atom. The van der Waals surface area contributed by atoms with Crippen molar-refractivity contribution in [3.63, 3.8) is 0 Å². The number of hydrogen-bond donors (Lipinski definition) is 1. The molecular formula is C17H24N2O4. The summed E-state index contributed by atoms with van der Waals surface area (Å²) in [4.78, 5) is 25.9. The Kier molecular flexibility index (Phi) is 6.40. The van der Waals surface area contributed by atoms with Crippen LogP contribution in [0.5, 0.6) is 5.75 Å². The molecule has 0 unspecified atom stereocenters. The fourth-order valence-electron chi connectivity index (χ4n) is 2.70. The molecule has 0 aliphatic carbocycles. The smallest absolute Gasteiger partial charge is 0.307 e. The van der Waals surface area contributed by atoms with Gasteiger partial charge in [0.05, 0.1) is 19.6 Å². The normalized spacial score (nSPS) is 18.3. The van der Waals surface area contributed by atoms with Crippen LogP contribution in [-0.2, 0) is 20.9 Å². The van der Waals surface area contributed by atoms with Gasteiger partial charge in [0.1, 0.15) is 11.8 Å². The van der Waals surface area contributed by atoms with E-state index in [4.69, 9.17) is 9.47 Å². The van der Waals surface area contributed by atoms with Crippen molar-refractivity contribution in [2.45, 2.75) is 32.9 Å². The van der Waals surface area contributed by atoms with E-state index in [0.29, 0.717) is 32.8 Å². The van der Waals surface area contributed by atoms with Crippen LogP contribution in [0, 0.1) is 0 Å². The first kappa shape index (κ1) is 17.3. The Morgan fingerprint density at radius 2 is 2.09 bits per heavy atom. The first-order chi connectivity index (χ1) is 11.2. The molecule has 1 heterocycles. The molecule has 1 amide bonds. The van der Waals surface area contributed by atoms with Crippen LogP contribution in [0.4, 0.5) is 0 Å². The number of nitrogens with one attached hydrogen (secondary N) is 1. The summed E-state index contributed by atoms with van der Waals surface area (Å²) in [6.07, 6.45) is 0.0659. The molecule has 0 aromatic heterocycles. The van der Waals surface area contributed by atoms with Crippen LogP contribution in [-0.4, -0.2) is 49.1 Å². The van der Waals surface area contributed by atoms with Crippen LogP contribution < -0.4 is 10.1 Å². The lowest BCUT2D eigenvalue weighted by atomic mass is 10.1. The summed E-state index contributed by atoms with van der Waals surface area (Å²) in [6, 6.07) is 7.27. The van der Waals surface area contributed by atoms with Crippen molar-refractivity contribution in [3.8, 4) is 5.75 Å². The maximum atomic E-state index is 12.2. The number of para-hydroxylation sites is 1. The molecular weight excluding hydrogens is 296 g/mol. The minimum atomic E-state index is -0.502. The first-order valence-electron chi connectivity index (χ1n) is 8.03. The number of carbonyl (C=O) groups is 2. The van der Waals surface area contributed by atoms with Crippen molar-refractivity contribution in [1.82, 2.24) is 10.2 Å². The zero-order valence-corrected chi connectivity index (χ0v) is 13.7. The number of hydrogen-bond acceptors (Lipinski definition) is 5. The lowest BCUT2D eigenvalue weighted by molar-refractivity contribution is -0.148. The monoisotopic (exact) mass is 320 g/mol. The van der Waals surface area contributed by atoms with Gasteiger partial charge in [0.15, 0.2) is 0 Å². The largest absolute Gasteiger partial charge is 0.494 e. The second kappa shape index (κ2) is 8.53. The van der Waals surface area contributed by atoms with Gasteiger partial charge in [-0.3, -0.25) is 14.5 Å². The van der Waals surface area contributed by atoms with Gasteiger partial charge < -0.3 is 14.8 Å². The van der Waals surface area contributed by atoms with Crippen molar-refractivity contribution >= 4 is 11.9 Å². The molecule has 1 atom stereocenters. The van der Waals surface area contributed by atoms with Crippen LogP contribution in [0.3, 0.4) is 0 Å². The summed E-state index contributed by atoms with van der Waals surface area (Å²) in [5.41, 5.74) is 1.01. The van der Waals surface area contributed by atoms with E-state index in [9.17, 15) is 9.59 Å². The number of ether oxygens (including phenoxy) is 2. The summed E-state index contributed by atoms with van der Waals surface area (Å²) in [6.45, 7) is 6.44. The summed E-state index contributed by atoms with van der Waals surface area (Å²) >= 11 is 0. The van der Waals surface area contributed by atoms with E-state index < -0.39 is 6.04 Å². The van der Waals surface area contributed by atoms with E-state index in [2.05, 4.69) is 5.32 Å². The lowest BCUT2D eigenvalue weighted by Gasteiger charge is -2.34. The maximum Gasteiger partial charge on any atom is 0.307 e. The Bertz CT molecular complexity index is 547. The number of carbonyl (C=O) groups excluding carboxylic acids is 2. The Balaban J connectivity index is 2.12. The maximum absolute atomic E-state index is 12.2. The van der Waals surface area contributed by atoms with Crippen LogP contribution in [0.25, 0.3) is 0 Å². The van der Waals surface area contributed by atoms with Gasteiger partial charge in [-0.15, -0.1) is 0 Å². The van der Waals surface area contributed by atoms with Crippen LogP contribution in [0.1, 0.15) is 25.8 Å². The van der Waals surface area contributed by atoms with E-state index in [1.54, 1.807) is 6.92 Å². The molecule has 1 N–H and O–H groups in total. The average Bonchev–Trinajstić information content (AvgIpc) is 2.53. The molecule has 0 bridgehead atoms. The molecule has 6 heteroatoms. The van der Waals surface area contributed by atoms with E-state index in [1.165, 1.54) is 0 Å². The number of rotatable bonds is 7. The zero-order valence-electron chi connectivity index (χ0n) is 13.7. The van der Waals surface area contributed by atoms with Crippen molar-refractivity contribution in [3.05, 3.63) is 29.8 Å². The van der Waals surface area contributed by atoms with Gasteiger partial charge in [0, 0.05) is 25.2 Å². The van der Waals surface area contributed by atoms with Crippen molar-refractivity contribution in [1.29, 1.82) is 0 Å². The topological polar surface area (TPSA) is 67.9 Å². The highest BCUT2D eigenvalue weighted by atomic mass is 16.5. The second-order valence-electron chi connectivity index (χ2n) is 5.33. The summed E-state index contributed by atoms with van der Waals surface area (Å²) in [7, 11) is 0. The third-order valence-electron chi connectivity index (χ3n) is 3.75. The van der Waals surface area contributed by atoms with Crippen LogP contribution in [0.15, 0.2) is 24.3 Å². The molecule has 0 radical (unpaired) electrons. The van der Waals surface area contributed by atoms with E-state index in [0.717, 1.165) is 11.3 Å². The highest BCUT2D eigenvalue weighted by Gasteiger charge is 2.32. The highest BCUT2D eigenvalue weighted by molar-refractivity contribution is 5.87. The molecule has 1 aliphatic heterocycles. The van der Waals surface area contributed by atoms with Gasteiger partial charge in [0.25, 0.3) is 0 Å². The molecule has 1 aliphatic rings. The molecule has 2 rings (SSSR count). The Labute approximate surface area is 136 Å². The predicted octanol–water partition coefficient (Wildman–Crippen LogP) is 1.34. The third kappa shape index (κ3) is 4.69. The summed E-state index contributed by atoms with van der Waals surface area (Å²) in [5, 5.41) is 2.82. The van der Waals surface area contributed by atoms with E-state index in [-0.39, 0.29) is 18.3 Å². The average molecular weight is 320 g/mol. The van der Waals surface area contributed by atoms with Crippen LogP contribution >= 0.6 is 0 Å². The van der Waals surface area contributed by atoms with Crippen molar-refractivity contribution in [2.75, 3.05) is 26.3 Å². The molecule has 6 nitrogen and oxygen atoms in total. The molecule has 126 valence electrons. The third-order valence-corrected chi connectivity index (χ3v) is 3.75. The minimum Gasteiger partial charge on any atom is -0.494 e. The molecule has 1 aromatic rings. The Morgan fingerprint density at radius 3 is 2.83 bits per heavy atom. The van der Waals surface area contributed by atoms with Gasteiger partial charge in [-0.05, 0) is 19.9 Å². The fraction of sp³-hybridized carbons (Fsp3) is 0.529. The van der Waals surface area contributed by atoms with Gasteiger partial charge in [-0.1, -0.05) is 18.2 Å². The molecule has 0 spiro atoms. The molecule has 23 heavy (non-hydrogen) atoms. The number of benzene rings is 1. The quantitative estimate of drug-likeness (QED) is 0.768. The lowest BCUT2D eigenvalue weighted by Crippen LogP contribution is -2.55. The van der Waals surface area contributed by atoms with Gasteiger partial charge in [-0.2, -0.15) is 0 Å². The fourth-order valence-corrected chi connectivity index (χ4v) is 2.70. The van der Waals surface area contributed by atoms with E-state index in [1.807, 2.05) is 36.1 Å². The predicted molar refractivity (Wildman–Crippen MR) is 86.1 cm³/mol. The number of nitrogens with zero attached hydrogens (tertiary/aromatic N) is 1. The minimum absolute atomic E-state index is 0.0659. The second-order valence-corrected chi connectivity index (χ2v) is 5.33. The molecule has 1 fully saturated rings. The van der Waals surface area contributed by atoms with Crippen LogP contribution in [0.2, 0.25) is 0 Å². The van der Waals surface area contributed by atoms with Crippen molar-refractivity contribution < 1.29 is 19.1 Å². The van der Waals surface area contributed by atoms with Gasteiger partial charge in [0.2, 0.25) is 5.91 Å². The van der Waals surface area contributed by atoms with Crippen molar-refractivity contribution in [2.24, 2.45) is 0 Å². The SMILES string of the molecule is CCOC(=O)C[C@@H]1C(=O)NCCN1Cc1ccccc1OCC. The zero-order chi connectivity index (χ0) is 16.7. The molecule has 0 saturated carbocycles.